The van der Waals surface area contributed by atoms with E-state index >= 15 is 0 Å². The molecule has 0 fully saturated rings. The van der Waals surface area contributed by atoms with Gasteiger partial charge in [-0.1, -0.05) is 29.8 Å². The second kappa shape index (κ2) is 5.32. The first-order valence-corrected chi connectivity index (χ1v) is 8.45. The monoisotopic (exact) mass is 360 g/mol. The predicted molar refractivity (Wildman–Crippen MR) is 96.2 cm³/mol. The van der Waals surface area contributed by atoms with E-state index in [1.165, 1.54) is 11.6 Å². The first kappa shape index (κ1) is 15.2. The van der Waals surface area contributed by atoms with Crippen LogP contribution in [-0.4, -0.2) is 18.7 Å². The highest BCUT2D eigenvalue weighted by Crippen LogP contribution is 2.35. The van der Waals surface area contributed by atoms with Crippen molar-refractivity contribution in [2.45, 2.75) is 6.54 Å². The van der Waals surface area contributed by atoms with E-state index in [1.807, 2.05) is 24.3 Å². The first-order chi connectivity index (χ1) is 11.5. The molecular formula is C16H13ClN4O2S. The average molecular weight is 361 g/mol. The Hall–Kier alpha value is -2.38. The summed E-state index contributed by atoms with van der Waals surface area (Å²) in [6.45, 7) is 0.433. The Morgan fingerprint density at radius 3 is 2.67 bits per heavy atom. The Bertz CT molecular complexity index is 1210. The molecule has 0 N–H and O–H groups in total. The van der Waals surface area contributed by atoms with Gasteiger partial charge in [0.15, 0.2) is 11.2 Å². The van der Waals surface area contributed by atoms with Crippen LogP contribution in [0, 0.1) is 0 Å². The van der Waals surface area contributed by atoms with E-state index in [0.717, 1.165) is 19.5 Å². The minimum Gasteiger partial charge on any atom is -0.319 e. The van der Waals surface area contributed by atoms with Crippen LogP contribution in [-0.2, 0) is 20.6 Å². The number of benzene rings is 1. The van der Waals surface area contributed by atoms with Crippen LogP contribution in [0.4, 0.5) is 0 Å². The second-order valence-electron chi connectivity index (χ2n) is 5.59. The molecule has 8 heteroatoms. The third kappa shape index (κ3) is 2.05. The highest BCUT2D eigenvalue weighted by Gasteiger charge is 2.16. The number of thiophene rings is 1. The maximum atomic E-state index is 12.5. The zero-order valence-electron chi connectivity index (χ0n) is 13.0. The third-order valence-electron chi connectivity index (χ3n) is 4.13. The van der Waals surface area contributed by atoms with E-state index in [-0.39, 0.29) is 5.56 Å². The van der Waals surface area contributed by atoms with Crippen LogP contribution >= 0.6 is 22.9 Å². The normalized spacial score (nSPS) is 11.6. The fraction of sp³-hybridized carbons (Fsp3) is 0.188. The fourth-order valence-corrected chi connectivity index (χ4v) is 4.33. The summed E-state index contributed by atoms with van der Waals surface area (Å²) in [7, 11) is 3.07. The summed E-state index contributed by atoms with van der Waals surface area (Å²) in [4.78, 5) is 29.7. The van der Waals surface area contributed by atoms with Crippen LogP contribution in [0.2, 0.25) is 5.02 Å². The van der Waals surface area contributed by atoms with Gasteiger partial charge >= 0.3 is 5.69 Å². The Labute approximate surface area is 145 Å². The van der Waals surface area contributed by atoms with Crippen molar-refractivity contribution in [3.63, 3.8) is 0 Å². The molecule has 122 valence electrons. The molecule has 0 bridgehead atoms. The van der Waals surface area contributed by atoms with Gasteiger partial charge in [0.05, 0.1) is 17.9 Å². The summed E-state index contributed by atoms with van der Waals surface area (Å²) >= 11 is 8.08. The summed E-state index contributed by atoms with van der Waals surface area (Å²) in [5.74, 6) is 0. The number of aryl methyl sites for hydroxylation is 1. The molecule has 0 unspecified atom stereocenters. The average Bonchev–Trinajstić information content (AvgIpc) is 3.14. The van der Waals surface area contributed by atoms with Gasteiger partial charge < -0.3 is 4.57 Å². The van der Waals surface area contributed by atoms with Crippen LogP contribution in [0.1, 0.15) is 4.88 Å². The van der Waals surface area contributed by atoms with Gasteiger partial charge in [-0.3, -0.25) is 13.9 Å². The van der Waals surface area contributed by atoms with E-state index in [4.69, 9.17) is 11.6 Å². The van der Waals surface area contributed by atoms with Gasteiger partial charge in [-0.25, -0.2) is 9.78 Å². The molecule has 0 amide bonds. The van der Waals surface area contributed by atoms with Crippen molar-refractivity contribution in [2.75, 3.05) is 0 Å². The highest BCUT2D eigenvalue weighted by atomic mass is 35.5. The predicted octanol–water partition coefficient (Wildman–Crippen LogP) is 2.35. The third-order valence-corrected chi connectivity index (χ3v) is 5.83. The van der Waals surface area contributed by atoms with E-state index in [1.54, 1.807) is 29.3 Å². The number of rotatable bonds is 2. The Morgan fingerprint density at radius 2 is 1.92 bits per heavy atom. The van der Waals surface area contributed by atoms with Crippen LogP contribution < -0.4 is 11.2 Å². The zero-order chi connectivity index (χ0) is 17.0. The lowest BCUT2D eigenvalue weighted by Gasteiger charge is -2.06. The molecule has 1 aromatic carbocycles. The number of hydrogen-bond acceptors (Lipinski definition) is 4. The molecule has 24 heavy (non-hydrogen) atoms. The molecule has 4 rings (SSSR count). The minimum atomic E-state index is -0.391. The summed E-state index contributed by atoms with van der Waals surface area (Å²) in [6.07, 6.45) is 1.58. The molecule has 3 aromatic heterocycles. The van der Waals surface area contributed by atoms with Gasteiger partial charge in [-0.05, 0) is 6.07 Å². The molecule has 0 saturated heterocycles. The molecule has 4 aromatic rings. The maximum absolute atomic E-state index is 12.5. The van der Waals surface area contributed by atoms with Crippen LogP contribution in [0.15, 0.2) is 40.2 Å². The molecule has 0 spiro atoms. The number of aromatic nitrogens is 4. The number of halogens is 1. The van der Waals surface area contributed by atoms with Gasteiger partial charge in [-0.15, -0.1) is 11.3 Å². The van der Waals surface area contributed by atoms with Gasteiger partial charge in [0.2, 0.25) is 0 Å². The van der Waals surface area contributed by atoms with E-state index in [9.17, 15) is 9.59 Å². The van der Waals surface area contributed by atoms with Gasteiger partial charge in [0, 0.05) is 29.1 Å². The molecule has 0 aliphatic heterocycles. The van der Waals surface area contributed by atoms with Gasteiger partial charge in [-0.2, -0.15) is 0 Å². The quantitative estimate of drug-likeness (QED) is 0.551. The molecule has 0 atom stereocenters. The molecule has 3 heterocycles. The lowest BCUT2D eigenvalue weighted by Crippen LogP contribution is -2.37. The Balaban J connectivity index is 1.93. The number of hydrogen-bond donors (Lipinski definition) is 0. The van der Waals surface area contributed by atoms with Crippen LogP contribution in [0.3, 0.4) is 0 Å². The van der Waals surface area contributed by atoms with Crippen LogP contribution in [0.5, 0.6) is 0 Å². The van der Waals surface area contributed by atoms with Crippen molar-refractivity contribution < 1.29 is 0 Å². The topological polar surface area (TPSA) is 61.8 Å². The van der Waals surface area contributed by atoms with Crippen molar-refractivity contribution in [2.24, 2.45) is 14.1 Å². The smallest absolute Gasteiger partial charge is 0.319 e. The molecule has 0 aliphatic rings. The number of nitrogens with zero attached hydrogens (tertiary/aromatic N) is 4. The summed E-state index contributed by atoms with van der Waals surface area (Å²) < 4.78 is 5.31. The minimum absolute atomic E-state index is 0.358. The van der Waals surface area contributed by atoms with E-state index < -0.39 is 5.69 Å². The lowest BCUT2D eigenvalue weighted by molar-refractivity contribution is 0.703. The molecular weight excluding hydrogens is 348 g/mol. The van der Waals surface area contributed by atoms with E-state index in [2.05, 4.69) is 4.98 Å². The SMILES string of the molecule is Cn1c(=O)c2c(ncn2Cc2sc3ccccc3c2Cl)n(C)c1=O. The second-order valence-corrected chi connectivity index (χ2v) is 7.10. The van der Waals surface area contributed by atoms with Crippen LogP contribution in [0.25, 0.3) is 21.3 Å². The highest BCUT2D eigenvalue weighted by molar-refractivity contribution is 7.19. The fourth-order valence-electron chi connectivity index (χ4n) is 2.84. The van der Waals surface area contributed by atoms with Gasteiger partial charge in [0.1, 0.15) is 0 Å². The lowest BCUT2D eigenvalue weighted by atomic mass is 10.2. The molecule has 0 saturated carbocycles. The van der Waals surface area contributed by atoms with Gasteiger partial charge in [0.25, 0.3) is 5.56 Å². The summed E-state index contributed by atoms with van der Waals surface area (Å²) in [5, 5.41) is 1.70. The van der Waals surface area contributed by atoms with E-state index in [0.29, 0.717) is 22.7 Å². The number of fused-ring (bicyclic) bond motifs is 2. The Kier molecular flexibility index (Phi) is 3.36. The van der Waals surface area contributed by atoms with Crippen molar-refractivity contribution >= 4 is 44.2 Å². The Morgan fingerprint density at radius 1 is 1.17 bits per heavy atom. The standard InChI is InChI=1S/C16H13ClN4O2S/c1-19-14-13(15(22)20(2)16(19)23)21(8-18-14)7-11-12(17)9-5-3-4-6-10(9)24-11/h3-6,8H,7H2,1-2H3. The molecule has 0 aliphatic carbocycles. The van der Waals surface area contributed by atoms with Crippen molar-refractivity contribution in [1.29, 1.82) is 0 Å². The largest absolute Gasteiger partial charge is 0.332 e. The summed E-state index contributed by atoms with van der Waals surface area (Å²) in [6, 6.07) is 7.91. The summed E-state index contributed by atoms with van der Waals surface area (Å²) in [5.41, 5.74) is 0.0222. The maximum Gasteiger partial charge on any atom is 0.332 e. The van der Waals surface area contributed by atoms with Crippen molar-refractivity contribution in [1.82, 2.24) is 18.7 Å². The van der Waals surface area contributed by atoms with Crippen molar-refractivity contribution in [3.05, 3.63) is 61.3 Å². The first-order valence-electron chi connectivity index (χ1n) is 7.26. The molecule has 0 radical (unpaired) electrons. The zero-order valence-corrected chi connectivity index (χ0v) is 14.6. The number of imidazole rings is 1. The van der Waals surface area contributed by atoms with Crippen molar-refractivity contribution in [3.8, 4) is 0 Å². The molecule has 6 nitrogen and oxygen atoms in total.